The zero-order chi connectivity index (χ0) is 21.7. The molecular formula is C21H22FN5O2S. The molecule has 1 atom stereocenters. The van der Waals surface area contributed by atoms with E-state index in [4.69, 9.17) is 0 Å². The molecule has 0 unspecified atom stereocenters. The van der Waals surface area contributed by atoms with E-state index in [2.05, 4.69) is 20.8 Å². The maximum absolute atomic E-state index is 13.4. The van der Waals surface area contributed by atoms with Crippen molar-refractivity contribution in [3.05, 3.63) is 71.3 Å². The highest BCUT2D eigenvalue weighted by atomic mass is 32.2. The van der Waals surface area contributed by atoms with Crippen LogP contribution >= 0.6 is 11.8 Å². The molecule has 0 fully saturated rings. The summed E-state index contributed by atoms with van der Waals surface area (Å²) >= 11 is 1.21. The molecule has 0 saturated heterocycles. The molecule has 9 heteroatoms. The Morgan fingerprint density at radius 1 is 1.17 bits per heavy atom. The summed E-state index contributed by atoms with van der Waals surface area (Å²) in [5, 5.41) is 14.4. The predicted molar refractivity (Wildman–Crippen MR) is 114 cm³/mol. The van der Waals surface area contributed by atoms with Crippen LogP contribution in [-0.4, -0.2) is 32.3 Å². The quantitative estimate of drug-likeness (QED) is 0.564. The standard InChI is InChI=1S/C21H22FN5O2S/c1-13-9-10-16(22)11-17(13)24-18(28)12-30-21-26-25-19(27(21)3)14(2)23-20(29)15-7-5-4-6-8-15/h4-11,14H,12H2,1-3H3,(H,23,29)(H,24,28)/t14-/m0/s1. The second-order valence-corrected chi connectivity index (χ2v) is 7.70. The lowest BCUT2D eigenvalue weighted by atomic mass is 10.2. The molecule has 3 rings (SSSR count). The number of anilines is 1. The first-order chi connectivity index (χ1) is 14.3. The molecule has 0 aliphatic rings. The van der Waals surface area contributed by atoms with Gasteiger partial charge in [0.1, 0.15) is 5.82 Å². The Morgan fingerprint density at radius 3 is 2.63 bits per heavy atom. The number of nitrogens with zero attached hydrogens (tertiary/aromatic N) is 3. The molecule has 1 heterocycles. The summed E-state index contributed by atoms with van der Waals surface area (Å²) in [6.45, 7) is 3.61. The molecule has 0 bridgehead atoms. The highest BCUT2D eigenvalue weighted by Crippen LogP contribution is 2.21. The van der Waals surface area contributed by atoms with E-state index in [1.54, 1.807) is 48.9 Å². The van der Waals surface area contributed by atoms with E-state index in [1.165, 1.54) is 23.9 Å². The summed E-state index contributed by atoms with van der Waals surface area (Å²) in [4.78, 5) is 24.6. The number of aromatic nitrogens is 3. The average molecular weight is 428 g/mol. The van der Waals surface area contributed by atoms with Crippen LogP contribution < -0.4 is 10.6 Å². The first-order valence-corrected chi connectivity index (χ1v) is 10.3. The summed E-state index contributed by atoms with van der Waals surface area (Å²) in [5.41, 5.74) is 1.78. The number of carbonyl (C=O) groups excluding carboxylic acids is 2. The highest BCUT2D eigenvalue weighted by Gasteiger charge is 2.19. The number of thioether (sulfide) groups is 1. The van der Waals surface area contributed by atoms with Crippen molar-refractivity contribution < 1.29 is 14.0 Å². The third kappa shape index (κ3) is 5.24. The lowest BCUT2D eigenvalue weighted by Gasteiger charge is -2.13. The van der Waals surface area contributed by atoms with Crippen molar-refractivity contribution in [2.24, 2.45) is 7.05 Å². The number of hydrogen-bond acceptors (Lipinski definition) is 5. The van der Waals surface area contributed by atoms with Gasteiger partial charge in [-0.05, 0) is 43.7 Å². The van der Waals surface area contributed by atoms with Crippen LogP contribution in [0.25, 0.3) is 0 Å². The summed E-state index contributed by atoms with van der Waals surface area (Å²) in [6.07, 6.45) is 0. The van der Waals surface area contributed by atoms with Crippen LogP contribution in [0.5, 0.6) is 0 Å². The Morgan fingerprint density at radius 2 is 1.90 bits per heavy atom. The van der Waals surface area contributed by atoms with Gasteiger partial charge in [0, 0.05) is 18.3 Å². The fourth-order valence-electron chi connectivity index (χ4n) is 2.81. The lowest BCUT2D eigenvalue weighted by molar-refractivity contribution is -0.113. The number of carbonyl (C=O) groups is 2. The average Bonchev–Trinajstić information content (AvgIpc) is 3.10. The van der Waals surface area contributed by atoms with Crippen LogP contribution in [0.3, 0.4) is 0 Å². The Balaban J connectivity index is 1.59. The Hall–Kier alpha value is -3.20. The second kappa shape index (κ2) is 9.53. The summed E-state index contributed by atoms with van der Waals surface area (Å²) in [6, 6.07) is 12.8. The van der Waals surface area contributed by atoms with Gasteiger partial charge in [0.25, 0.3) is 5.91 Å². The molecule has 3 aromatic rings. The molecule has 0 radical (unpaired) electrons. The van der Waals surface area contributed by atoms with E-state index in [1.807, 2.05) is 13.0 Å². The van der Waals surface area contributed by atoms with E-state index >= 15 is 0 Å². The summed E-state index contributed by atoms with van der Waals surface area (Å²) in [7, 11) is 1.78. The predicted octanol–water partition coefficient (Wildman–Crippen LogP) is 3.48. The van der Waals surface area contributed by atoms with Gasteiger partial charge in [0.2, 0.25) is 5.91 Å². The minimum absolute atomic E-state index is 0.0900. The van der Waals surface area contributed by atoms with Gasteiger partial charge < -0.3 is 15.2 Å². The van der Waals surface area contributed by atoms with Gasteiger partial charge in [-0.3, -0.25) is 9.59 Å². The van der Waals surface area contributed by atoms with Gasteiger partial charge in [-0.2, -0.15) is 0 Å². The Kier molecular flexibility index (Phi) is 6.83. The normalized spacial score (nSPS) is 11.7. The van der Waals surface area contributed by atoms with Crippen LogP contribution in [0, 0.1) is 12.7 Å². The van der Waals surface area contributed by atoms with Crippen molar-refractivity contribution in [3.63, 3.8) is 0 Å². The monoisotopic (exact) mass is 427 g/mol. The van der Waals surface area contributed by atoms with Gasteiger partial charge >= 0.3 is 0 Å². The maximum atomic E-state index is 13.4. The molecule has 0 saturated carbocycles. The number of halogens is 1. The van der Waals surface area contributed by atoms with Gasteiger partial charge in [0.15, 0.2) is 11.0 Å². The topological polar surface area (TPSA) is 88.9 Å². The number of amides is 2. The number of rotatable bonds is 7. The van der Waals surface area contributed by atoms with Crippen molar-refractivity contribution in [2.75, 3.05) is 11.1 Å². The number of hydrogen-bond donors (Lipinski definition) is 2. The summed E-state index contributed by atoms with van der Waals surface area (Å²) in [5.74, 6) is -0.225. The van der Waals surface area contributed by atoms with Crippen LogP contribution in [0.2, 0.25) is 0 Å². The number of nitrogens with one attached hydrogen (secondary N) is 2. The minimum atomic E-state index is -0.409. The third-order valence-corrected chi connectivity index (χ3v) is 5.47. The second-order valence-electron chi connectivity index (χ2n) is 6.76. The van der Waals surface area contributed by atoms with Crippen molar-refractivity contribution in [1.82, 2.24) is 20.1 Å². The fraction of sp³-hybridized carbons (Fsp3) is 0.238. The summed E-state index contributed by atoms with van der Waals surface area (Å²) < 4.78 is 15.1. The maximum Gasteiger partial charge on any atom is 0.251 e. The zero-order valence-corrected chi connectivity index (χ0v) is 17.7. The van der Waals surface area contributed by atoms with E-state index in [9.17, 15) is 14.0 Å². The number of benzene rings is 2. The smallest absolute Gasteiger partial charge is 0.251 e. The van der Waals surface area contributed by atoms with E-state index in [0.29, 0.717) is 22.2 Å². The molecule has 7 nitrogen and oxygen atoms in total. The Bertz CT molecular complexity index is 1050. The molecule has 0 spiro atoms. The van der Waals surface area contributed by atoms with Crippen molar-refractivity contribution in [2.45, 2.75) is 25.0 Å². The molecule has 1 aromatic heterocycles. The van der Waals surface area contributed by atoms with Crippen molar-refractivity contribution >= 4 is 29.3 Å². The van der Waals surface area contributed by atoms with E-state index in [0.717, 1.165) is 5.56 Å². The molecule has 30 heavy (non-hydrogen) atoms. The van der Waals surface area contributed by atoms with Gasteiger partial charge in [0.05, 0.1) is 11.8 Å². The molecule has 156 valence electrons. The fourth-order valence-corrected chi connectivity index (χ4v) is 3.53. The molecule has 0 aliphatic carbocycles. The first-order valence-electron chi connectivity index (χ1n) is 9.29. The highest BCUT2D eigenvalue weighted by molar-refractivity contribution is 7.99. The number of aryl methyl sites for hydroxylation is 1. The molecule has 2 amide bonds. The van der Waals surface area contributed by atoms with E-state index < -0.39 is 5.82 Å². The van der Waals surface area contributed by atoms with Gasteiger partial charge in [-0.1, -0.05) is 36.0 Å². The first kappa shape index (κ1) is 21.5. The lowest BCUT2D eigenvalue weighted by Crippen LogP contribution is -2.28. The van der Waals surface area contributed by atoms with Crippen molar-refractivity contribution in [3.8, 4) is 0 Å². The molecule has 0 aliphatic heterocycles. The van der Waals surface area contributed by atoms with Crippen LogP contribution in [0.4, 0.5) is 10.1 Å². The van der Waals surface area contributed by atoms with Gasteiger partial charge in [-0.15, -0.1) is 10.2 Å². The SMILES string of the molecule is Cc1ccc(F)cc1NC(=O)CSc1nnc([C@H](C)NC(=O)c2ccccc2)n1C. The minimum Gasteiger partial charge on any atom is -0.342 e. The molecule has 2 aromatic carbocycles. The third-order valence-electron chi connectivity index (χ3n) is 4.45. The van der Waals surface area contributed by atoms with E-state index in [-0.39, 0.29) is 23.6 Å². The van der Waals surface area contributed by atoms with Gasteiger partial charge in [-0.25, -0.2) is 4.39 Å². The van der Waals surface area contributed by atoms with Crippen LogP contribution in [-0.2, 0) is 11.8 Å². The zero-order valence-electron chi connectivity index (χ0n) is 16.8. The van der Waals surface area contributed by atoms with Crippen LogP contribution in [0.15, 0.2) is 53.7 Å². The van der Waals surface area contributed by atoms with Crippen LogP contribution in [0.1, 0.15) is 34.7 Å². The van der Waals surface area contributed by atoms with Crippen molar-refractivity contribution in [1.29, 1.82) is 0 Å². The Labute approximate surface area is 178 Å². The molecule has 2 N–H and O–H groups in total. The molecular weight excluding hydrogens is 405 g/mol. The largest absolute Gasteiger partial charge is 0.342 e.